The molecule has 1 saturated heterocycles. The fourth-order valence-corrected chi connectivity index (χ4v) is 3.65. The van der Waals surface area contributed by atoms with Crippen molar-refractivity contribution in [2.45, 2.75) is 45.1 Å². The highest BCUT2D eigenvalue weighted by Crippen LogP contribution is 2.60. The topological polar surface area (TPSA) is 3.01 Å². The first kappa shape index (κ1) is 8.96. The molecular weight excluding hydrogens is 170 g/mol. The molecule has 78 valence electrons. The Morgan fingerprint density at radius 1 is 1.29 bits per heavy atom. The van der Waals surface area contributed by atoms with Crippen molar-refractivity contribution < 1.29 is 0 Å². The van der Waals surface area contributed by atoms with Crippen LogP contribution in [0.5, 0.6) is 0 Å². The second kappa shape index (κ2) is 3.10. The van der Waals surface area contributed by atoms with Gasteiger partial charge in [0.2, 0.25) is 0 Å². The van der Waals surface area contributed by atoms with Gasteiger partial charge >= 0.3 is 0 Å². The standard InChI is InChI=1S/C13H21N/c1-2-3-6-13-7-4-11(13)12(5-8-13)14-9-10-14/h3,6,11-12H,2,4-5,7-10H2,1H3/b6-3-. The Balaban J connectivity index is 1.73. The predicted octanol–water partition coefficient (Wildman–Crippen LogP) is 2.83. The first-order valence-electron chi connectivity index (χ1n) is 6.27. The van der Waals surface area contributed by atoms with Gasteiger partial charge in [-0.1, -0.05) is 19.1 Å². The smallest absolute Gasteiger partial charge is 0.0133 e. The van der Waals surface area contributed by atoms with Gasteiger partial charge in [0, 0.05) is 19.1 Å². The molecule has 0 N–H and O–H groups in total. The second-order valence-corrected chi connectivity index (χ2v) is 5.33. The van der Waals surface area contributed by atoms with Gasteiger partial charge in [0.05, 0.1) is 0 Å². The van der Waals surface area contributed by atoms with Crippen LogP contribution in [0.4, 0.5) is 0 Å². The summed E-state index contributed by atoms with van der Waals surface area (Å²) in [6.45, 7) is 5.01. The highest BCUT2D eigenvalue weighted by molar-refractivity contribution is 5.17. The van der Waals surface area contributed by atoms with Gasteiger partial charge < -0.3 is 0 Å². The Morgan fingerprint density at radius 3 is 2.64 bits per heavy atom. The molecular formula is C13H21N. The Kier molecular flexibility index (Phi) is 1.98. The summed E-state index contributed by atoms with van der Waals surface area (Å²) in [5.41, 5.74) is 0.656. The monoisotopic (exact) mass is 191 g/mol. The molecule has 2 saturated carbocycles. The maximum absolute atomic E-state index is 2.69. The van der Waals surface area contributed by atoms with Gasteiger partial charge in [-0.25, -0.2) is 0 Å². The van der Waals surface area contributed by atoms with Gasteiger partial charge in [0.25, 0.3) is 0 Å². The third-order valence-electron chi connectivity index (χ3n) is 4.67. The molecule has 0 spiro atoms. The lowest BCUT2D eigenvalue weighted by atomic mass is 9.61. The second-order valence-electron chi connectivity index (χ2n) is 5.33. The average Bonchev–Trinajstić information content (AvgIpc) is 2.94. The van der Waals surface area contributed by atoms with E-state index in [1.54, 1.807) is 0 Å². The molecule has 3 unspecified atom stereocenters. The van der Waals surface area contributed by atoms with E-state index in [0.29, 0.717) is 5.41 Å². The van der Waals surface area contributed by atoms with Crippen LogP contribution in [0, 0.1) is 11.3 Å². The van der Waals surface area contributed by atoms with Crippen LogP contribution in [0.15, 0.2) is 12.2 Å². The molecule has 0 radical (unpaired) electrons. The van der Waals surface area contributed by atoms with Gasteiger partial charge in [-0.05, 0) is 43.4 Å². The maximum atomic E-state index is 2.69. The summed E-state index contributed by atoms with van der Waals surface area (Å²) in [5, 5.41) is 0. The minimum atomic E-state index is 0.656. The molecule has 3 fully saturated rings. The predicted molar refractivity (Wildman–Crippen MR) is 59.2 cm³/mol. The van der Waals surface area contributed by atoms with Crippen LogP contribution in [0.2, 0.25) is 0 Å². The SMILES string of the molecule is CC/C=C\C12CCC(N3CC3)C1CC2. The van der Waals surface area contributed by atoms with E-state index in [4.69, 9.17) is 0 Å². The zero-order chi connectivity index (χ0) is 9.60. The minimum Gasteiger partial charge on any atom is -0.298 e. The van der Waals surface area contributed by atoms with Crippen molar-refractivity contribution in [3.8, 4) is 0 Å². The number of rotatable bonds is 3. The fraction of sp³-hybridized carbons (Fsp3) is 0.846. The lowest BCUT2D eigenvalue weighted by Gasteiger charge is -2.45. The van der Waals surface area contributed by atoms with Crippen molar-refractivity contribution in [3.05, 3.63) is 12.2 Å². The molecule has 0 aromatic carbocycles. The van der Waals surface area contributed by atoms with E-state index in [0.717, 1.165) is 12.0 Å². The molecule has 1 heterocycles. The zero-order valence-electron chi connectivity index (χ0n) is 9.21. The molecule has 1 heteroatoms. The quantitative estimate of drug-likeness (QED) is 0.489. The van der Waals surface area contributed by atoms with E-state index in [-0.39, 0.29) is 0 Å². The van der Waals surface area contributed by atoms with E-state index in [1.165, 1.54) is 45.2 Å². The maximum Gasteiger partial charge on any atom is 0.0133 e. The lowest BCUT2D eigenvalue weighted by Crippen LogP contribution is -2.41. The molecule has 0 amide bonds. The van der Waals surface area contributed by atoms with Gasteiger partial charge in [-0.3, -0.25) is 4.90 Å². The summed E-state index contributed by atoms with van der Waals surface area (Å²) >= 11 is 0. The van der Waals surface area contributed by atoms with E-state index < -0.39 is 0 Å². The summed E-state index contributed by atoms with van der Waals surface area (Å²) in [7, 11) is 0. The summed E-state index contributed by atoms with van der Waals surface area (Å²) in [6, 6.07) is 0.963. The van der Waals surface area contributed by atoms with Crippen LogP contribution in [0.1, 0.15) is 39.0 Å². The first-order valence-corrected chi connectivity index (χ1v) is 6.27. The van der Waals surface area contributed by atoms with Gasteiger partial charge in [0.15, 0.2) is 0 Å². The molecule has 0 aromatic rings. The minimum absolute atomic E-state index is 0.656. The van der Waals surface area contributed by atoms with Crippen molar-refractivity contribution in [2.75, 3.05) is 13.1 Å². The molecule has 0 bridgehead atoms. The summed E-state index contributed by atoms with van der Waals surface area (Å²) in [4.78, 5) is 2.69. The van der Waals surface area contributed by atoms with Gasteiger partial charge in [0.1, 0.15) is 0 Å². The van der Waals surface area contributed by atoms with Crippen molar-refractivity contribution in [1.82, 2.24) is 4.90 Å². The molecule has 1 aliphatic heterocycles. The molecule has 1 nitrogen and oxygen atoms in total. The molecule has 2 aliphatic carbocycles. The Bertz CT molecular complexity index is 254. The van der Waals surface area contributed by atoms with Gasteiger partial charge in [-0.2, -0.15) is 0 Å². The van der Waals surface area contributed by atoms with E-state index in [9.17, 15) is 0 Å². The van der Waals surface area contributed by atoms with Crippen LogP contribution < -0.4 is 0 Å². The summed E-state index contributed by atoms with van der Waals surface area (Å²) in [5.74, 6) is 1.02. The van der Waals surface area contributed by atoms with Crippen molar-refractivity contribution in [1.29, 1.82) is 0 Å². The fourth-order valence-electron chi connectivity index (χ4n) is 3.65. The third kappa shape index (κ3) is 1.18. The summed E-state index contributed by atoms with van der Waals surface area (Å²) in [6.07, 6.45) is 12.1. The lowest BCUT2D eigenvalue weighted by molar-refractivity contribution is 0.0866. The van der Waals surface area contributed by atoms with E-state index >= 15 is 0 Å². The Morgan fingerprint density at radius 2 is 2.07 bits per heavy atom. The van der Waals surface area contributed by atoms with E-state index in [2.05, 4.69) is 24.0 Å². The first-order chi connectivity index (χ1) is 6.86. The number of nitrogens with zero attached hydrogens (tertiary/aromatic N) is 1. The van der Waals surface area contributed by atoms with Crippen molar-refractivity contribution in [2.24, 2.45) is 11.3 Å². The molecule has 3 atom stereocenters. The number of fused-ring (bicyclic) bond motifs is 1. The molecule has 3 aliphatic rings. The highest BCUT2D eigenvalue weighted by atomic mass is 15.3. The third-order valence-corrected chi connectivity index (χ3v) is 4.67. The average molecular weight is 191 g/mol. The zero-order valence-corrected chi connectivity index (χ0v) is 9.21. The van der Waals surface area contributed by atoms with Crippen LogP contribution in [0.3, 0.4) is 0 Å². The van der Waals surface area contributed by atoms with Crippen LogP contribution in [-0.4, -0.2) is 24.0 Å². The van der Waals surface area contributed by atoms with Gasteiger partial charge in [-0.15, -0.1) is 0 Å². The number of hydrogen-bond acceptors (Lipinski definition) is 1. The van der Waals surface area contributed by atoms with E-state index in [1.807, 2.05) is 0 Å². The summed E-state index contributed by atoms with van der Waals surface area (Å²) < 4.78 is 0. The highest BCUT2D eigenvalue weighted by Gasteiger charge is 2.55. The van der Waals surface area contributed by atoms with Crippen LogP contribution >= 0.6 is 0 Å². The molecule has 3 rings (SSSR count). The van der Waals surface area contributed by atoms with Crippen LogP contribution in [-0.2, 0) is 0 Å². The Hall–Kier alpha value is -0.300. The van der Waals surface area contributed by atoms with Crippen molar-refractivity contribution in [3.63, 3.8) is 0 Å². The molecule has 0 aromatic heterocycles. The Labute approximate surface area is 87.2 Å². The largest absolute Gasteiger partial charge is 0.298 e. The number of allylic oxidation sites excluding steroid dienone is 2. The number of hydrogen-bond donors (Lipinski definition) is 0. The normalized spacial score (nSPS) is 46.6. The van der Waals surface area contributed by atoms with Crippen molar-refractivity contribution >= 4 is 0 Å². The van der Waals surface area contributed by atoms with Crippen LogP contribution in [0.25, 0.3) is 0 Å². The molecule has 14 heavy (non-hydrogen) atoms.